The van der Waals surface area contributed by atoms with Crippen molar-refractivity contribution in [2.45, 2.75) is 17.9 Å². The summed E-state index contributed by atoms with van der Waals surface area (Å²) in [5.41, 5.74) is 0.499. The summed E-state index contributed by atoms with van der Waals surface area (Å²) in [5, 5.41) is 11.4. The summed E-state index contributed by atoms with van der Waals surface area (Å²) < 4.78 is 44.1. The molecule has 8 nitrogen and oxygen atoms in total. The molecule has 0 radical (unpaired) electrons. The molecular formula is C18H16FN3O5S. The van der Waals surface area contributed by atoms with Crippen LogP contribution in [0.15, 0.2) is 53.4 Å². The van der Waals surface area contributed by atoms with Crippen molar-refractivity contribution in [3.05, 3.63) is 59.9 Å². The van der Waals surface area contributed by atoms with Gasteiger partial charge in [-0.05, 0) is 43.3 Å². The first-order chi connectivity index (χ1) is 13.2. The first-order valence-corrected chi connectivity index (χ1v) is 9.45. The number of benzene rings is 2. The van der Waals surface area contributed by atoms with E-state index in [1.165, 1.54) is 19.1 Å². The van der Waals surface area contributed by atoms with Gasteiger partial charge in [0.05, 0.1) is 16.1 Å². The van der Waals surface area contributed by atoms with Crippen LogP contribution in [0, 0.1) is 17.1 Å². The van der Waals surface area contributed by atoms with E-state index in [1.807, 2.05) is 6.07 Å². The van der Waals surface area contributed by atoms with E-state index >= 15 is 0 Å². The number of anilines is 1. The SMILES string of the molecule is C[C@H](NS(=O)(=O)c1ccc(F)cc1)C(=O)OCC(=O)Nc1ccccc1C#N. The molecule has 0 saturated heterocycles. The minimum absolute atomic E-state index is 0.223. The molecule has 0 heterocycles. The van der Waals surface area contributed by atoms with E-state index in [4.69, 9.17) is 10.00 Å². The van der Waals surface area contributed by atoms with E-state index in [9.17, 15) is 22.4 Å². The molecule has 0 aliphatic rings. The van der Waals surface area contributed by atoms with Gasteiger partial charge in [0.2, 0.25) is 10.0 Å². The molecule has 0 bridgehead atoms. The summed E-state index contributed by atoms with van der Waals surface area (Å²) in [6.07, 6.45) is 0. The van der Waals surface area contributed by atoms with Crippen molar-refractivity contribution < 1.29 is 27.1 Å². The number of carbonyl (C=O) groups excluding carboxylic acids is 2. The topological polar surface area (TPSA) is 125 Å². The van der Waals surface area contributed by atoms with E-state index in [1.54, 1.807) is 12.1 Å². The number of nitriles is 1. The standard InChI is InChI=1S/C18H16FN3O5S/c1-12(22-28(25,26)15-8-6-14(19)7-9-15)18(24)27-11-17(23)21-16-5-3-2-4-13(16)10-20/h2-9,12,22H,11H2,1H3,(H,21,23)/t12-/m0/s1. The average molecular weight is 405 g/mol. The molecule has 146 valence electrons. The van der Waals surface area contributed by atoms with Crippen molar-refractivity contribution in [1.82, 2.24) is 4.72 Å². The predicted molar refractivity (Wildman–Crippen MR) is 96.9 cm³/mol. The Bertz CT molecular complexity index is 1020. The van der Waals surface area contributed by atoms with E-state index < -0.39 is 40.4 Å². The Labute approximate surface area is 161 Å². The normalized spacial score (nSPS) is 11.9. The maximum Gasteiger partial charge on any atom is 0.324 e. The molecule has 2 N–H and O–H groups in total. The highest BCUT2D eigenvalue weighted by Crippen LogP contribution is 2.13. The number of amides is 1. The number of sulfonamides is 1. The Morgan fingerprint density at radius 3 is 2.46 bits per heavy atom. The van der Waals surface area contributed by atoms with E-state index in [-0.39, 0.29) is 16.1 Å². The van der Waals surface area contributed by atoms with Crippen LogP contribution in [0.1, 0.15) is 12.5 Å². The second-order valence-corrected chi connectivity index (χ2v) is 7.32. The molecule has 0 saturated carbocycles. The number of carbonyl (C=O) groups is 2. The van der Waals surface area contributed by atoms with Crippen LogP contribution in [0.2, 0.25) is 0 Å². The number of hydrogen-bond acceptors (Lipinski definition) is 6. The molecule has 0 spiro atoms. The first-order valence-electron chi connectivity index (χ1n) is 7.96. The number of halogens is 1. The van der Waals surface area contributed by atoms with Gasteiger partial charge in [0, 0.05) is 0 Å². The lowest BCUT2D eigenvalue weighted by Crippen LogP contribution is -2.40. The van der Waals surface area contributed by atoms with Gasteiger partial charge in [0.1, 0.15) is 17.9 Å². The fourth-order valence-corrected chi connectivity index (χ4v) is 3.29. The number of nitrogens with zero attached hydrogens (tertiary/aromatic N) is 1. The fourth-order valence-electron chi connectivity index (χ4n) is 2.10. The first kappa shape index (κ1) is 21.0. The number of rotatable bonds is 7. The van der Waals surface area contributed by atoms with Gasteiger partial charge in [-0.25, -0.2) is 12.8 Å². The maximum atomic E-state index is 12.9. The lowest BCUT2D eigenvalue weighted by Gasteiger charge is -2.14. The van der Waals surface area contributed by atoms with Crippen LogP contribution in [-0.2, 0) is 24.3 Å². The van der Waals surface area contributed by atoms with Crippen LogP contribution in [0.4, 0.5) is 10.1 Å². The van der Waals surface area contributed by atoms with Crippen LogP contribution in [0.5, 0.6) is 0 Å². The summed E-state index contributed by atoms with van der Waals surface area (Å²) in [6.45, 7) is 0.577. The quantitative estimate of drug-likeness (QED) is 0.673. The highest BCUT2D eigenvalue weighted by atomic mass is 32.2. The third-order valence-corrected chi connectivity index (χ3v) is 5.03. The van der Waals surface area contributed by atoms with Gasteiger partial charge in [-0.1, -0.05) is 12.1 Å². The summed E-state index contributed by atoms with van der Waals surface area (Å²) >= 11 is 0. The lowest BCUT2D eigenvalue weighted by atomic mass is 10.2. The summed E-state index contributed by atoms with van der Waals surface area (Å²) in [4.78, 5) is 23.6. The number of esters is 1. The van der Waals surface area contributed by atoms with Crippen molar-refractivity contribution >= 4 is 27.6 Å². The third kappa shape index (κ3) is 5.60. The Balaban J connectivity index is 1.91. The Hall–Kier alpha value is -3.29. The van der Waals surface area contributed by atoms with Crippen LogP contribution in [-0.4, -0.2) is 32.9 Å². The van der Waals surface area contributed by atoms with Gasteiger partial charge >= 0.3 is 5.97 Å². The average Bonchev–Trinajstić information content (AvgIpc) is 2.66. The molecule has 1 amide bonds. The zero-order valence-corrected chi connectivity index (χ0v) is 15.5. The highest BCUT2D eigenvalue weighted by molar-refractivity contribution is 7.89. The van der Waals surface area contributed by atoms with Crippen molar-refractivity contribution in [3.8, 4) is 6.07 Å². The zero-order chi connectivity index (χ0) is 20.7. The van der Waals surface area contributed by atoms with Gasteiger partial charge in [0.15, 0.2) is 6.61 Å². The predicted octanol–water partition coefficient (Wildman–Crippen LogP) is 1.55. The molecule has 10 heteroatoms. The van der Waals surface area contributed by atoms with Gasteiger partial charge < -0.3 is 10.1 Å². The summed E-state index contributed by atoms with van der Waals surface area (Å²) in [7, 11) is -4.07. The number of ether oxygens (including phenoxy) is 1. The van der Waals surface area contributed by atoms with Gasteiger partial charge in [0.25, 0.3) is 5.91 Å². The molecule has 28 heavy (non-hydrogen) atoms. The van der Waals surface area contributed by atoms with Gasteiger partial charge in [-0.3, -0.25) is 9.59 Å². The Morgan fingerprint density at radius 2 is 1.82 bits per heavy atom. The second-order valence-electron chi connectivity index (χ2n) is 5.61. The largest absolute Gasteiger partial charge is 0.454 e. The summed E-state index contributed by atoms with van der Waals surface area (Å²) in [6, 6.07) is 10.9. The molecule has 0 aromatic heterocycles. The molecule has 2 aromatic rings. The Kier molecular flexibility index (Phi) is 6.81. The van der Waals surface area contributed by atoms with Gasteiger partial charge in [-0.15, -0.1) is 0 Å². The molecule has 2 rings (SSSR count). The minimum atomic E-state index is -4.07. The van der Waals surface area contributed by atoms with E-state index in [2.05, 4.69) is 10.0 Å². The molecule has 0 fully saturated rings. The third-order valence-electron chi connectivity index (χ3n) is 3.48. The smallest absolute Gasteiger partial charge is 0.324 e. The molecule has 2 aromatic carbocycles. The second kappa shape index (κ2) is 9.07. The molecule has 0 unspecified atom stereocenters. The lowest BCUT2D eigenvalue weighted by molar-refractivity contribution is -0.148. The summed E-state index contributed by atoms with van der Waals surface area (Å²) in [5.74, 6) is -2.27. The van der Waals surface area contributed by atoms with Crippen molar-refractivity contribution in [3.63, 3.8) is 0 Å². The van der Waals surface area contributed by atoms with Gasteiger partial charge in [-0.2, -0.15) is 9.98 Å². The maximum absolute atomic E-state index is 12.9. The van der Waals surface area contributed by atoms with Crippen molar-refractivity contribution in [2.75, 3.05) is 11.9 Å². The Morgan fingerprint density at radius 1 is 1.18 bits per heavy atom. The van der Waals surface area contributed by atoms with Crippen molar-refractivity contribution in [2.24, 2.45) is 0 Å². The molecule has 1 atom stereocenters. The highest BCUT2D eigenvalue weighted by Gasteiger charge is 2.23. The number of nitrogens with one attached hydrogen (secondary N) is 2. The monoisotopic (exact) mass is 405 g/mol. The van der Waals surface area contributed by atoms with Crippen molar-refractivity contribution in [1.29, 1.82) is 5.26 Å². The van der Waals surface area contributed by atoms with Crippen LogP contribution >= 0.6 is 0 Å². The number of hydrogen-bond donors (Lipinski definition) is 2. The zero-order valence-electron chi connectivity index (χ0n) is 14.7. The fraction of sp³-hybridized carbons (Fsp3) is 0.167. The minimum Gasteiger partial charge on any atom is -0.454 e. The van der Waals surface area contributed by atoms with Crippen LogP contribution in [0.25, 0.3) is 0 Å². The van der Waals surface area contributed by atoms with E-state index in [0.29, 0.717) is 0 Å². The van der Waals surface area contributed by atoms with Crippen LogP contribution < -0.4 is 10.0 Å². The van der Waals surface area contributed by atoms with E-state index in [0.717, 1.165) is 24.3 Å². The molecular weight excluding hydrogens is 389 g/mol. The molecule has 0 aliphatic carbocycles. The van der Waals surface area contributed by atoms with Crippen LogP contribution in [0.3, 0.4) is 0 Å². The number of para-hydroxylation sites is 1. The molecule has 0 aliphatic heterocycles.